The molecule has 160 valence electrons. The summed E-state index contributed by atoms with van der Waals surface area (Å²) in [6.45, 7) is 2.14. The number of rotatable bonds is 18. The lowest BCUT2D eigenvalue weighted by atomic mass is 10.1. The Kier molecular flexibility index (Phi) is 16.9. The number of allylic oxidation sites excluding steroid dienone is 1. The van der Waals surface area contributed by atoms with Gasteiger partial charge in [0.15, 0.2) is 0 Å². The first-order chi connectivity index (χ1) is 13.5. The quantitative estimate of drug-likeness (QED) is 0.142. The number of carboxylic acid groups (broad SMARTS) is 2. The highest BCUT2D eigenvalue weighted by molar-refractivity contribution is 5.90. The zero-order chi connectivity index (χ0) is 21.0. The van der Waals surface area contributed by atoms with Gasteiger partial charge in [-0.25, -0.2) is 9.59 Å². The van der Waals surface area contributed by atoms with Gasteiger partial charge in [0.05, 0.1) is 0 Å². The van der Waals surface area contributed by atoms with Gasteiger partial charge in [-0.05, 0) is 32.1 Å². The Balaban J connectivity index is 4.09. The van der Waals surface area contributed by atoms with E-state index in [4.69, 9.17) is 14.9 Å². The smallest absolute Gasteiger partial charge is 0.331 e. The Hall–Kier alpha value is -2.11. The highest BCUT2D eigenvalue weighted by atomic mass is 16.5. The van der Waals surface area contributed by atoms with Crippen LogP contribution in [0.2, 0.25) is 0 Å². The largest absolute Gasteiger partial charge is 0.481 e. The van der Waals surface area contributed by atoms with Crippen LogP contribution in [0, 0.1) is 0 Å². The van der Waals surface area contributed by atoms with Crippen molar-refractivity contribution >= 4 is 17.9 Å². The average molecular weight is 397 g/mol. The lowest BCUT2D eigenvalue weighted by molar-refractivity contribution is -0.143. The maximum absolute atomic E-state index is 11.7. The SMILES string of the molecule is CCCCCCC(C/C=C\CCCCCCCC(=O)O)OC(=O)/C=C\C(=O)O. The summed E-state index contributed by atoms with van der Waals surface area (Å²) < 4.78 is 5.38. The van der Waals surface area contributed by atoms with Gasteiger partial charge >= 0.3 is 17.9 Å². The number of aliphatic carboxylic acids is 2. The monoisotopic (exact) mass is 396 g/mol. The van der Waals surface area contributed by atoms with E-state index in [0.29, 0.717) is 6.42 Å². The molecule has 28 heavy (non-hydrogen) atoms. The summed E-state index contributed by atoms with van der Waals surface area (Å²) in [6, 6.07) is 0. The number of carbonyl (C=O) groups is 3. The van der Waals surface area contributed by atoms with Gasteiger partial charge in [0, 0.05) is 25.0 Å². The van der Waals surface area contributed by atoms with Crippen LogP contribution in [-0.4, -0.2) is 34.2 Å². The van der Waals surface area contributed by atoms with Crippen LogP contribution in [0.1, 0.15) is 90.4 Å². The average Bonchev–Trinajstić information content (AvgIpc) is 2.64. The van der Waals surface area contributed by atoms with Gasteiger partial charge in [-0.3, -0.25) is 4.79 Å². The lowest BCUT2D eigenvalue weighted by Crippen LogP contribution is -2.16. The minimum atomic E-state index is -1.17. The second-order valence-electron chi connectivity index (χ2n) is 6.99. The van der Waals surface area contributed by atoms with Crippen molar-refractivity contribution in [2.75, 3.05) is 0 Å². The molecule has 0 saturated heterocycles. The molecule has 2 N–H and O–H groups in total. The predicted octanol–water partition coefficient (Wildman–Crippen LogP) is 5.27. The Bertz CT molecular complexity index is 495. The molecule has 0 saturated carbocycles. The first-order valence-electron chi connectivity index (χ1n) is 10.4. The number of hydrogen-bond donors (Lipinski definition) is 2. The minimum Gasteiger partial charge on any atom is -0.481 e. The first-order valence-corrected chi connectivity index (χ1v) is 10.4. The summed E-state index contributed by atoms with van der Waals surface area (Å²) in [5.41, 5.74) is 0. The van der Waals surface area contributed by atoms with Gasteiger partial charge in [0.25, 0.3) is 0 Å². The molecule has 0 spiro atoms. The Labute approximate surface area is 168 Å². The molecule has 0 fully saturated rings. The summed E-state index contributed by atoms with van der Waals surface area (Å²) >= 11 is 0. The molecule has 0 heterocycles. The maximum atomic E-state index is 11.7. The summed E-state index contributed by atoms with van der Waals surface area (Å²) in [4.78, 5) is 32.6. The Morgan fingerprint density at radius 3 is 2.21 bits per heavy atom. The summed E-state index contributed by atoms with van der Waals surface area (Å²) in [7, 11) is 0. The maximum Gasteiger partial charge on any atom is 0.331 e. The molecule has 1 unspecified atom stereocenters. The topological polar surface area (TPSA) is 101 Å². The number of hydrogen-bond acceptors (Lipinski definition) is 4. The van der Waals surface area contributed by atoms with E-state index >= 15 is 0 Å². The van der Waals surface area contributed by atoms with Gasteiger partial charge in [-0.2, -0.15) is 0 Å². The Morgan fingerprint density at radius 2 is 1.54 bits per heavy atom. The second-order valence-corrected chi connectivity index (χ2v) is 6.99. The van der Waals surface area contributed by atoms with Crippen molar-refractivity contribution in [1.29, 1.82) is 0 Å². The molecule has 0 aromatic carbocycles. The third-order valence-corrected chi connectivity index (χ3v) is 4.35. The van der Waals surface area contributed by atoms with Crippen molar-refractivity contribution in [3.8, 4) is 0 Å². The fourth-order valence-corrected chi connectivity index (χ4v) is 2.80. The lowest BCUT2D eigenvalue weighted by Gasteiger charge is -2.15. The van der Waals surface area contributed by atoms with E-state index in [2.05, 4.69) is 13.0 Å². The van der Waals surface area contributed by atoms with E-state index in [0.717, 1.165) is 82.8 Å². The van der Waals surface area contributed by atoms with Crippen LogP contribution in [-0.2, 0) is 19.1 Å². The van der Waals surface area contributed by atoms with E-state index in [1.54, 1.807) is 0 Å². The highest BCUT2D eigenvalue weighted by Gasteiger charge is 2.11. The van der Waals surface area contributed by atoms with Crippen LogP contribution < -0.4 is 0 Å². The summed E-state index contributed by atoms with van der Waals surface area (Å²) in [5.74, 6) is -2.51. The zero-order valence-electron chi connectivity index (χ0n) is 17.1. The molecule has 0 aliphatic rings. The molecule has 6 heteroatoms. The van der Waals surface area contributed by atoms with E-state index < -0.39 is 17.9 Å². The van der Waals surface area contributed by atoms with Crippen LogP contribution in [0.25, 0.3) is 0 Å². The third kappa shape index (κ3) is 18.7. The molecule has 6 nitrogen and oxygen atoms in total. The van der Waals surface area contributed by atoms with Gasteiger partial charge < -0.3 is 14.9 Å². The zero-order valence-corrected chi connectivity index (χ0v) is 17.1. The van der Waals surface area contributed by atoms with Gasteiger partial charge in [-0.15, -0.1) is 0 Å². The number of carboxylic acids is 2. The van der Waals surface area contributed by atoms with Crippen molar-refractivity contribution in [2.45, 2.75) is 96.5 Å². The molecule has 0 bridgehead atoms. The van der Waals surface area contributed by atoms with Crippen LogP contribution >= 0.6 is 0 Å². The normalized spacial score (nSPS) is 12.5. The Morgan fingerprint density at radius 1 is 0.857 bits per heavy atom. The van der Waals surface area contributed by atoms with E-state index in [-0.39, 0.29) is 12.5 Å². The molecule has 0 rings (SSSR count). The molecule has 0 aromatic heterocycles. The van der Waals surface area contributed by atoms with E-state index in [1.807, 2.05) is 6.08 Å². The van der Waals surface area contributed by atoms with Crippen molar-refractivity contribution in [3.63, 3.8) is 0 Å². The van der Waals surface area contributed by atoms with Crippen LogP contribution in [0.4, 0.5) is 0 Å². The molecule has 0 aliphatic carbocycles. The number of ether oxygens (including phenoxy) is 1. The summed E-state index contributed by atoms with van der Waals surface area (Å²) in [6.07, 6.45) is 17.5. The van der Waals surface area contributed by atoms with Crippen molar-refractivity contribution in [1.82, 2.24) is 0 Å². The predicted molar refractivity (Wildman–Crippen MR) is 109 cm³/mol. The molecule has 0 aromatic rings. The standard InChI is InChI=1S/C22H36O6/c1-2-3-4-11-14-19(28-22(27)18-17-21(25)26)15-12-9-7-5-6-8-10-13-16-20(23)24/h9,12,17-19H,2-8,10-11,13-16H2,1H3,(H,23,24)(H,25,26)/b12-9-,18-17-. The molecule has 0 aliphatic heterocycles. The second kappa shape index (κ2) is 18.3. The van der Waals surface area contributed by atoms with Crippen LogP contribution in [0.3, 0.4) is 0 Å². The highest BCUT2D eigenvalue weighted by Crippen LogP contribution is 2.14. The van der Waals surface area contributed by atoms with Gasteiger partial charge in [-0.1, -0.05) is 57.6 Å². The molecular formula is C22H36O6. The minimum absolute atomic E-state index is 0.227. The third-order valence-electron chi connectivity index (χ3n) is 4.35. The molecular weight excluding hydrogens is 360 g/mol. The molecule has 0 amide bonds. The van der Waals surface area contributed by atoms with Crippen molar-refractivity contribution < 1.29 is 29.3 Å². The van der Waals surface area contributed by atoms with Crippen LogP contribution in [0.5, 0.6) is 0 Å². The first kappa shape index (κ1) is 25.9. The molecule has 1 atom stereocenters. The van der Waals surface area contributed by atoms with Gasteiger partial charge in [0.1, 0.15) is 6.10 Å². The van der Waals surface area contributed by atoms with E-state index in [9.17, 15) is 14.4 Å². The van der Waals surface area contributed by atoms with Crippen LogP contribution in [0.15, 0.2) is 24.3 Å². The van der Waals surface area contributed by atoms with Crippen molar-refractivity contribution in [2.24, 2.45) is 0 Å². The fraction of sp³-hybridized carbons (Fsp3) is 0.682. The fourth-order valence-electron chi connectivity index (χ4n) is 2.80. The van der Waals surface area contributed by atoms with E-state index in [1.165, 1.54) is 0 Å². The number of esters is 1. The molecule has 0 radical (unpaired) electrons. The number of carbonyl (C=O) groups excluding carboxylic acids is 1. The van der Waals surface area contributed by atoms with Gasteiger partial charge in [0.2, 0.25) is 0 Å². The number of unbranched alkanes of at least 4 members (excludes halogenated alkanes) is 8. The summed E-state index contributed by atoms with van der Waals surface area (Å²) in [5, 5.41) is 17.2. The van der Waals surface area contributed by atoms with Crippen molar-refractivity contribution in [3.05, 3.63) is 24.3 Å².